The van der Waals surface area contributed by atoms with Gasteiger partial charge >= 0.3 is 0 Å². The van der Waals surface area contributed by atoms with Gasteiger partial charge in [0.2, 0.25) is 0 Å². The largest absolute Gasteiger partial charge is 0.508 e. The molecule has 1 aliphatic rings. The van der Waals surface area contributed by atoms with Crippen LogP contribution in [-0.2, 0) is 12.8 Å². The maximum atomic E-state index is 9.68. The van der Waals surface area contributed by atoms with Crippen LogP contribution in [0.2, 0.25) is 0 Å². The number of aryl methyl sites for hydroxylation is 1. The number of fused-ring (bicyclic) bond motifs is 1. The minimum atomic E-state index is 0.436. The molecular formula is C11H14O2. The Balaban J connectivity index is 2.65. The zero-order valence-corrected chi connectivity index (χ0v) is 8.05. The summed E-state index contributed by atoms with van der Waals surface area (Å²) in [7, 11) is 1.69. The normalized spacial score (nSPS) is 14.3. The second-order valence-electron chi connectivity index (χ2n) is 3.56. The zero-order valence-electron chi connectivity index (χ0n) is 8.05. The fourth-order valence-electron chi connectivity index (χ4n) is 2.16. The molecule has 1 aromatic carbocycles. The van der Waals surface area contributed by atoms with Crippen molar-refractivity contribution in [2.75, 3.05) is 7.11 Å². The van der Waals surface area contributed by atoms with Crippen LogP contribution in [0.1, 0.15) is 23.1 Å². The van der Waals surface area contributed by atoms with E-state index in [1.54, 1.807) is 13.2 Å². The van der Waals surface area contributed by atoms with Crippen molar-refractivity contribution >= 4 is 0 Å². The molecule has 0 aliphatic heterocycles. The van der Waals surface area contributed by atoms with Crippen LogP contribution in [0, 0.1) is 6.92 Å². The highest BCUT2D eigenvalue weighted by molar-refractivity contribution is 5.54. The number of hydrogen-bond acceptors (Lipinski definition) is 2. The van der Waals surface area contributed by atoms with Crippen LogP contribution in [0.3, 0.4) is 0 Å². The van der Waals surface area contributed by atoms with Gasteiger partial charge in [0, 0.05) is 11.1 Å². The Labute approximate surface area is 78.2 Å². The lowest BCUT2D eigenvalue weighted by Crippen LogP contribution is -1.94. The molecule has 1 aromatic rings. The number of hydrogen-bond donors (Lipinski definition) is 1. The minimum Gasteiger partial charge on any atom is -0.508 e. The molecule has 0 radical (unpaired) electrons. The Morgan fingerprint density at radius 1 is 1.31 bits per heavy atom. The number of ether oxygens (including phenoxy) is 1. The van der Waals surface area contributed by atoms with Gasteiger partial charge in [0.15, 0.2) is 0 Å². The van der Waals surface area contributed by atoms with Gasteiger partial charge in [-0.25, -0.2) is 0 Å². The van der Waals surface area contributed by atoms with Gasteiger partial charge in [-0.1, -0.05) is 0 Å². The van der Waals surface area contributed by atoms with E-state index in [9.17, 15) is 5.11 Å². The first-order valence-electron chi connectivity index (χ1n) is 4.62. The van der Waals surface area contributed by atoms with E-state index < -0.39 is 0 Å². The van der Waals surface area contributed by atoms with E-state index in [4.69, 9.17) is 4.74 Å². The summed E-state index contributed by atoms with van der Waals surface area (Å²) < 4.78 is 5.33. The van der Waals surface area contributed by atoms with E-state index >= 15 is 0 Å². The monoisotopic (exact) mass is 178 g/mol. The number of phenolic OH excluding ortho intramolecular Hbond substituents is 1. The molecule has 2 nitrogen and oxygen atoms in total. The molecule has 0 heterocycles. The maximum absolute atomic E-state index is 9.68. The van der Waals surface area contributed by atoms with Crippen molar-refractivity contribution in [1.82, 2.24) is 0 Å². The fraction of sp³-hybridized carbons (Fsp3) is 0.455. The van der Waals surface area contributed by atoms with Crippen molar-refractivity contribution in [3.63, 3.8) is 0 Å². The van der Waals surface area contributed by atoms with E-state index in [-0.39, 0.29) is 0 Å². The van der Waals surface area contributed by atoms with E-state index in [0.29, 0.717) is 5.75 Å². The predicted molar refractivity (Wildman–Crippen MR) is 51.4 cm³/mol. The highest BCUT2D eigenvalue weighted by atomic mass is 16.5. The van der Waals surface area contributed by atoms with Gasteiger partial charge in [-0.2, -0.15) is 0 Å². The Morgan fingerprint density at radius 3 is 2.69 bits per heavy atom. The summed E-state index contributed by atoms with van der Waals surface area (Å²) in [6.45, 7) is 1.97. The second kappa shape index (κ2) is 2.95. The third-order valence-corrected chi connectivity index (χ3v) is 2.72. The average Bonchev–Trinajstić information content (AvgIpc) is 2.53. The molecule has 70 valence electrons. The molecule has 0 atom stereocenters. The summed E-state index contributed by atoms with van der Waals surface area (Å²) in [5.74, 6) is 1.40. The standard InChI is InChI=1S/C11H14O2/c1-7-6-10(12)8-4-3-5-9(8)11(7)13-2/h6,12H,3-5H2,1-2H3. The van der Waals surface area contributed by atoms with Gasteiger partial charge in [-0.15, -0.1) is 0 Å². The predicted octanol–water partition coefficient (Wildman–Crippen LogP) is 2.20. The van der Waals surface area contributed by atoms with Crippen molar-refractivity contribution in [1.29, 1.82) is 0 Å². The number of rotatable bonds is 1. The molecule has 2 heteroatoms. The number of methoxy groups -OCH3 is 1. The molecule has 1 N–H and O–H groups in total. The van der Waals surface area contributed by atoms with Crippen LogP contribution in [0.5, 0.6) is 11.5 Å². The molecule has 13 heavy (non-hydrogen) atoms. The summed E-state index contributed by atoms with van der Waals surface area (Å²) in [5.41, 5.74) is 3.32. The van der Waals surface area contributed by atoms with Crippen LogP contribution in [0.25, 0.3) is 0 Å². The van der Waals surface area contributed by atoms with E-state index in [1.165, 1.54) is 5.56 Å². The smallest absolute Gasteiger partial charge is 0.125 e. The van der Waals surface area contributed by atoms with Crippen molar-refractivity contribution in [2.24, 2.45) is 0 Å². The Hall–Kier alpha value is -1.18. The summed E-state index contributed by atoms with van der Waals surface area (Å²) in [6, 6.07) is 1.79. The maximum Gasteiger partial charge on any atom is 0.125 e. The number of phenols is 1. The fourth-order valence-corrected chi connectivity index (χ4v) is 2.16. The number of benzene rings is 1. The van der Waals surface area contributed by atoms with Crippen LogP contribution < -0.4 is 4.74 Å². The highest BCUT2D eigenvalue weighted by Crippen LogP contribution is 2.38. The zero-order chi connectivity index (χ0) is 9.42. The average molecular weight is 178 g/mol. The molecule has 0 spiro atoms. The summed E-state index contributed by atoms with van der Waals surface area (Å²) in [5, 5.41) is 9.68. The van der Waals surface area contributed by atoms with Crippen molar-refractivity contribution in [2.45, 2.75) is 26.2 Å². The summed E-state index contributed by atoms with van der Waals surface area (Å²) in [4.78, 5) is 0. The van der Waals surface area contributed by atoms with E-state index in [0.717, 1.165) is 36.1 Å². The van der Waals surface area contributed by atoms with Crippen molar-refractivity contribution in [3.05, 3.63) is 22.8 Å². The van der Waals surface area contributed by atoms with E-state index in [2.05, 4.69) is 0 Å². The van der Waals surface area contributed by atoms with Crippen LogP contribution in [0.4, 0.5) is 0 Å². The third kappa shape index (κ3) is 1.17. The van der Waals surface area contributed by atoms with Crippen molar-refractivity contribution < 1.29 is 9.84 Å². The number of aromatic hydroxyl groups is 1. The molecule has 0 aromatic heterocycles. The topological polar surface area (TPSA) is 29.5 Å². The highest BCUT2D eigenvalue weighted by Gasteiger charge is 2.20. The molecule has 0 fully saturated rings. The van der Waals surface area contributed by atoms with Crippen LogP contribution in [0.15, 0.2) is 6.07 Å². The summed E-state index contributed by atoms with van der Waals surface area (Å²) >= 11 is 0. The Bertz CT molecular complexity index is 342. The van der Waals surface area contributed by atoms with Gasteiger partial charge in [-0.05, 0) is 37.8 Å². The molecule has 2 rings (SSSR count). The van der Waals surface area contributed by atoms with Crippen LogP contribution in [-0.4, -0.2) is 12.2 Å². The Kier molecular flexibility index (Phi) is 1.91. The molecule has 0 amide bonds. The van der Waals surface area contributed by atoms with Gasteiger partial charge in [-0.3, -0.25) is 0 Å². The van der Waals surface area contributed by atoms with Gasteiger partial charge in [0.05, 0.1) is 7.11 Å². The second-order valence-corrected chi connectivity index (χ2v) is 3.56. The summed E-state index contributed by atoms with van der Waals surface area (Å²) in [6.07, 6.45) is 3.15. The molecule has 1 aliphatic carbocycles. The van der Waals surface area contributed by atoms with Gasteiger partial charge in [0.25, 0.3) is 0 Å². The lowest BCUT2D eigenvalue weighted by Gasteiger charge is -2.11. The van der Waals surface area contributed by atoms with E-state index in [1.807, 2.05) is 6.92 Å². The quantitative estimate of drug-likeness (QED) is 0.714. The lowest BCUT2D eigenvalue weighted by atomic mass is 10.0. The van der Waals surface area contributed by atoms with Gasteiger partial charge < -0.3 is 9.84 Å². The molecule has 0 saturated carbocycles. The van der Waals surface area contributed by atoms with Crippen molar-refractivity contribution in [3.8, 4) is 11.5 Å². The first-order chi connectivity index (χ1) is 6.24. The molecule has 0 unspecified atom stereocenters. The lowest BCUT2D eigenvalue weighted by molar-refractivity contribution is 0.404. The first kappa shape index (κ1) is 8.42. The molecule has 0 bridgehead atoms. The minimum absolute atomic E-state index is 0.436. The third-order valence-electron chi connectivity index (χ3n) is 2.72. The molecular weight excluding hydrogens is 164 g/mol. The molecule has 0 saturated heterocycles. The van der Waals surface area contributed by atoms with Crippen LogP contribution >= 0.6 is 0 Å². The SMILES string of the molecule is COc1c(C)cc(O)c2c1CCC2. The van der Waals surface area contributed by atoms with Gasteiger partial charge in [0.1, 0.15) is 11.5 Å². The first-order valence-corrected chi connectivity index (χ1v) is 4.62. The Morgan fingerprint density at radius 2 is 2.00 bits per heavy atom.